The molecule has 1 amide bonds. The van der Waals surface area contributed by atoms with Gasteiger partial charge in [-0.1, -0.05) is 6.58 Å². The molecule has 6 rings (SSSR count). The second kappa shape index (κ2) is 13.1. The van der Waals surface area contributed by atoms with E-state index < -0.39 is 52.3 Å². The van der Waals surface area contributed by atoms with E-state index in [1.807, 2.05) is 4.90 Å². The molecule has 2 fully saturated rings. The fourth-order valence-corrected chi connectivity index (χ4v) is 8.32. The number of benzene rings is 2. The van der Waals surface area contributed by atoms with E-state index in [-0.39, 0.29) is 52.4 Å². The molecule has 2 aromatic carbocycles. The van der Waals surface area contributed by atoms with Crippen LogP contribution in [-0.2, 0) is 11.0 Å². The Hall–Kier alpha value is -4.00. The highest BCUT2D eigenvalue weighted by atomic mass is 32.2. The van der Waals surface area contributed by atoms with Crippen LogP contribution in [0, 0.1) is 23.0 Å². The third-order valence-corrected chi connectivity index (χ3v) is 10.6. The molecule has 3 aromatic rings. The summed E-state index contributed by atoms with van der Waals surface area (Å²) in [5.74, 6) is -2.09. The quantitative estimate of drug-likeness (QED) is 0.209. The zero-order valence-corrected chi connectivity index (χ0v) is 27.3. The van der Waals surface area contributed by atoms with E-state index >= 15 is 4.39 Å². The number of hydrogen-bond donors (Lipinski definition) is 0. The summed E-state index contributed by atoms with van der Waals surface area (Å²) in [6.45, 7) is 10.9. The van der Waals surface area contributed by atoms with Crippen molar-refractivity contribution >= 4 is 34.4 Å². The topological polar surface area (TPSA) is 88.7 Å². The van der Waals surface area contributed by atoms with Gasteiger partial charge in [0.25, 0.3) is 0 Å². The highest BCUT2D eigenvalue weighted by Gasteiger charge is 2.41. The van der Waals surface area contributed by atoms with Crippen LogP contribution in [0.5, 0.6) is 0 Å². The van der Waals surface area contributed by atoms with Crippen LogP contribution in [-0.4, -0.2) is 100 Å². The van der Waals surface area contributed by atoms with Crippen molar-refractivity contribution in [1.29, 1.82) is 5.26 Å². The van der Waals surface area contributed by atoms with E-state index in [9.17, 15) is 27.2 Å². The second-order valence-electron chi connectivity index (χ2n) is 12.5. The van der Waals surface area contributed by atoms with Crippen LogP contribution in [0.2, 0.25) is 0 Å². The van der Waals surface area contributed by atoms with E-state index in [4.69, 9.17) is 5.26 Å². The number of rotatable bonds is 6. The number of aromatic nitrogens is 2. The average molecular weight is 688 g/mol. The van der Waals surface area contributed by atoms with E-state index in [0.717, 1.165) is 30.0 Å². The number of amides is 1. The number of piperazine rings is 2. The number of anilines is 1. The molecule has 48 heavy (non-hydrogen) atoms. The number of alkyl halides is 3. The SMILES string of the molecule is C=CC(=O)N1C[C@H](C)N(c2nc(=O)n3c4c(c(-c5ccc(F)cc5F)c(C(F)(F)F)cc24)SC[C@@H]3CN2CCN(CC#N)CC2)C[C@H]1C. The van der Waals surface area contributed by atoms with E-state index in [0.29, 0.717) is 45.3 Å². The van der Waals surface area contributed by atoms with Gasteiger partial charge < -0.3 is 9.80 Å². The molecule has 0 radical (unpaired) electrons. The smallest absolute Gasteiger partial charge is 0.349 e. The molecule has 0 N–H and O–H groups in total. The Balaban J connectivity index is 1.56. The van der Waals surface area contributed by atoms with Crippen molar-refractivity contribution in [3.8, 4) is 17.2 Å². The van der Waals surface area contributed by atoms with Crippen molar-refractivity contribution in [2.45, 2.75) is 43.0 Å². The predicted molar refractivity (Wildman–Crippen MR) is 173 cm³/mol. The molecule has 15 heteroatoms. The number of carbonyl (C=O) groups is 1. The van der Waals surface area contributed by atoms with Gasteiger partial charge in [0.1, 0.15) is 17.5 Å². The van der Waals surface area contributed by atoms with E-state index in [1.165, 1.54) is 10.6 Å². The lowest BCUT2D eigenvalue weighted by Gasteiger charge is -2.45. The number of nitrogens with zero attached hydrogens (tertiary/aromatic N) is 7. The molecule has 3 atom stereocenters. The molecule has 4 heterocycles. The fourth-order valence-electron chi connectivity index (χ4n) is 7.00. The van der Waals surface area contributed by atoms with Gasteiger partial charge in [-0.05, 0) is 38.1 Å². The fraction of sp³-hybridized carbons (Fsp3) is 0.455. The molecular formula is C33H34F5N7O2S. The number of nitriles is 1. The van der Waals surface area contributed by atoms with Crippen LogP contribution >= 0.6 is 11.8 Å². The Kier molecular flexibility index (Phi) is 9.27. The normalized spacial score (nSPS) is 22.2. The summed E-state index contributed by atoms with van der Waals surface area (Å²) in [6.07, 6.45) is -3.73. The van der Waals surface area contributed by atoms with Crippen molar-refractivity contribution < 1.29 is 26.7 Å². The van der Waals surface area contributed by atoms with Gasteiger partial charge >= 0.3 is 11.9 Å². The molecule has 0 spiro atoms. The standard InChI is InChI=1S/C33H34F5N7O2S/c1-4-27(46)43-15-20(3)44(16-19(43)2)31-24-14-25(33(36,37)38)28(23-6-5-21(34)13-26(23)35)30-29(24)45(32(47)40-31)22(18-48-30)17-42-11-9-41(8-7-39)10-12-42/h4-6,13-14,19-20,22H,1,8-12,15-18H2,2-3H3/t19-,20+,22+/m1/s1. The summed E-state index contributed by atoms with van der Waals surface area (Å²) in [6, 6.07) is 4.28. The molecule has 254 valence electrons. The molecule has 3 aliphatic heterocycles. The predicted octanol–water partition coefficient (Wildman–Crippen LogP) is 4.76. The van der Waals surface area contributed by atoms with Crippen molar-refractivity contribution in [2.24, 2.45) is 0 Å². The number of carbonyl (C=O) groups excluding carboxylic acids is 1. The molecule has 3 aliphatic rings. The van der Waals surface area contributed by atoms with Crippen LogP contribution in [0.15, 0.2) is 46.6 Å². The molecule has 0 unspecified atom stereocenters. The first kappa shape index (κ1) is 33.9. The molecule has 0 bridgehead atoms. The van der Waals surface area contributed by atoms with Gasteiger partial charge in [0.05, 0.1) is 29.7 Å². The van der Waals surface area contributed by atoms with Gasteiger partial charge in [-0.25, -0.2) is 13.6 Å². The maximum atomic E-state index is 15.3. The summed E-state index contributed by atoms with van der Waals surface area (Å²) >= 11 is 1.11. The molecule has 9 nitrogen and oxygen atoms in total. The Labute approximate surface area is 278 Å². The minimum atomic E-state index is -4.94. The summed E-state index contributed by atoms with van der Waals surface area (Å²) in [7, 11) is 0. The third-order valence-electron chi connectivity index (χ3n) is 9.38. The molecule has 0 saturated carbocycles. The summed E-state index contributed by atoms with van der Waals surface area (Å²) in [4.78, 5) is 38.6. The van der Waals surface area contributed by atoms with Crippen LogP contribution in [0.25, 0.3) is 22.0 Å². The van der Waals surface area contributed by atoms with Gasteiger partial charge in [0, 0.05) is 91.1 Å². The highest BCUT2D eigenvalue weighted by molar-refractivity contribution is 7.99. The van der Waals surface area contributed by atoms with Gasteiger partial charge in [-0.2, -0.15) is 23.4 Å². The first-order chi connectivity index (χ1) is 22.8. The van der Waals surface area contributed by atoms with Gasteiger partial charge in [-0.3, -0.25) is 19.2 Å². The van der Waals surface area contributed by atoms with E-state index in [1.54, 1.807) is 23.6 Å². The second-order valence-corrected chi connectivity index (χ2v) is 13.5. The molecular weight excluding hydrogens is 653 g/mol. The molecule has 1 aromatic heterocycles. The number of halogens is 5. The minimum Gasteiger partial charge on any atom is -0.349 e. The Morgan fingerprint density at radius 1 is 1.10 bits per heavy atom. The number of hydrogen-bond acceptors (Lipinski definition) is 8. The van der Waals surface area contributed by atoms with Gasteiger partial charge in [0.15, 0.2) is 0 Å². The maximum Gasteiger partial charge on any atom is 0.417 e. The lowest BCUT2D eigenvalue weighted by atomic mass is 9.95. The lowest BCUT2D eigenvalue weighted by molar-refractivity contribution is -0.137. The number of thioether (sulfide) groups is 1. The van der Waals surface area contributed by atoms with Crippen molar-refractivity contribution in [2.75, 3.05) is 63.0 Å². The lowest BCUT2D eigenvalue weighted by Crippen LogP contribution is -2.58. The summed E-state index contributed by atoms with van der Waals surface area (Å²) in [5.41, 5.74) is -2.43. The summed E-state index contributed by atoms with van der Waals surface area (Å²) < 4.78 is 75.6. The zero-order chi connectivity index (χ0) is 34.5. The van der Waals surface area contributed by atoms with E-state index in [2.05, 4.69) is 22.5 Å². The highest BCUT2D eigenvalue weighted by Crippen LogP contribution is 2.50. The van der Waals surface area contributed by atoms with Crippen molar-refractivity contribution in [3.05, 3.63) is 64.6 Å². The van der Waals surface area contributed by atoms with Crippen LogP contribution in [0.1, 0.15) is 25.5 Å². The van der Waals surface area contributed by atoms with Crippen LogP contribution in [0.3, 0.4) is 0 Å². The maximum absolute atomic E-state index is 15.3. The third kappa shape index (κ3) is 6.17. The Morgan fingerprint density at radius 2 is 1.81 bits per heavy atom. The summed E-state index contributed by atoms with van der Waals surface area (Å²) in [5, 5.41) is 9.15. The van der Waals surface area contributed by atoms with Gasteiger partial charge in [-0.15, -0.1) is 11.8 Å². The van der Waals surface area contributed by atoms with Crippen LogP contribution < -0.4 is 10.6 Å². The van der Waals surface area contributed by atoms with Crippen LogP contribution in [0.4, 0.5) is 27.8 Å². The largest absolute Gasteiger partial charge is 0.417 e. The average Bonchev–Trinajstić information content (AvgIpc) is 3.04. The first-order valence-electron chi connectivity index (χ1n) is 15.6. The van der Waals surface area contributed by atoms with Gasteiger partial charge in [0.2, 0.25) is 5.91 Å². The monoisotopic (exact) mass is 687 g/mol. The molecule has 0 aliphatic carbocycles. The minimum absolute atomic E-state index is 0.0561. The Morgan fingerprint density at radius 3 is 2.46 bits per heavy atom. The Bertz CT molecular complexity index is 1870. The molecule has 2 saturated heterocycles. The first-order valence-corrected chi connectivity index (χ1v) is 16.6. The van der Waals surface area contributed by atoms with Crippen molar-refractivity contribution in [1.82, 2.24) is 24.3 Å². The van der Waals surface area contributed by atoms with Crippen molar-refractivity contribution in [3.63, 3.8) is 0 Å². The zero-order valence-electron chi connectivity index (χ0n) is 26.4.